The number of hydrogen-bond donors (Lipinski definition) is 0. The van der Waals surface area contributed by atoms with Gasteiger partial charge in [0.25, 0.3) is 0 Å². The Hall–Kier alpha value is -0.670. The van der Waals surface area contributed by atoms with Crippen LogP contribution in [0.3, 0.4) is 0 Å². The van der Waals surface area contributed by atoms with Crippen molar-refractivity contribution in [3.05, 3.63) is 21.9 Å². The summed E-state index contributed by atoms with van der Waals surface area (Å²) in [5.41, 5.74) is 0.835. The van der Waals surface area contributed by atoms with E-state index < -0.39 is 0 Å². The summed E-state index contributed by atoms with van der Waals surface area (Å²) < 4.78 is 5.76. The molecule has 2 nitrogen and oxygen atoms in total. The molecule has 1 aliphatic rings. The molecule has 100 valence electrons. The Balaban J connectivity index is 2.10. The summed E-state index contributed by atoms with van der Waals surface area (Å²) in [6.45, 7) is 4.63. The molecule has 0 saturated heterocycles. The van der Waals surface area contributed by atoms with Crippen LogP contribution in [0.4, 0.5) is 0 Å². The van der Waals surface area contributed by atoms with Crippen LogP contribution in [-0.4, -0.2) is 18.5 Å². The molecule has 0 N–H and O–H groups in total. The highest BCUT2D eigenvalue weighted by molar-refractivity contribution is 7.10. The Morgan fingerprint density at radius 1 is 1.44 bits per heavy atom. The number of rotatable bonds is 5. The van der Waals surface area contributed by atoms with Gasteiger partial charge in [0, 0.05) is 22.4 Å². The van der Waals surface area contributed by atoms with Gasteiger partial charge in [-0.1, -0.05) is 19.3 Å². The predicted octanol–water partition coefficient (Wildman–Crippen LogP) is 4.22. The van der Waals surface area contributed by atoms with Crippen molar-refractivity contribution in [3.8, 4) is 0 Å². The maximum Gasteiger partial charge on any atom is 0.192 e. The molecule has 1 aromatic heterocycles. The third-order valence-corrected chi connectivity index (χ3v) is 4.56. The lowest BCUT2D eigenvalue weighted by Gasteiger charge is -2.28. The van der Waals surface area contributed by atoms with Gasteiger partial charge in [0.1, 0.15) is 6.10 Å². The zero-order valence-electron chi connectivity index (χ0n) is 11.3. The van der Waals surface area contributed by atoms with Gasteiger partial charge >= 0.3 is 0 Å². The summed E-state index contributed by atoms with van der Waals surface area (Å²) in [6.07, 6.45) is 5.85. The van der Waals surface area contributed by atoms with E-state index in [1.54, 1.807) is 11.3 Å². The van der Waals surface area contributed by atoms with Crippen LogP contribution in [0.25, 0.3) is 0 Å². The lowest BCUT2D eigenvalue weighted by atomic mass is 9.83. The molecular formula is C15H22O2S. The number of Topliss-reactive ketones (excluding diaryl/α,β-unsaturated/α-hetero) is 1. The first-order valence-corrected chi connectivity index (χ1v) is 7.81. The molecule has 0 aromatic carbocycles. The number of thiophene rings is 1. The molecule has 3 heteroatoms. The molecule has 1 fully saturated rings. The van der Waals surface area contributed by atoms with Gasteiger partial charge in [-0.2, -0.15) is 0 Å². The van der Waals surface area contributed by atoms with E-state index in [2.05, 4.69) is 0 Å². The van der Waals surface area contributed by atoms with Crippen molar-refractivity contribution in [2.45, 2.75) is 52.1 Å². The summed E-state index contributed by atoms with van der Waals surface area (Å²) in [5.74, 6) is 0.611. The number of hydrogen-bond acceptors (Lipinski definition) is 3. The minimum atomic E-state index is -0.218. The van der Waals surface area contributed by atoms with Gasteiger partial charge in [0.05, 0.1) is 0 Å². The molecule has 1 aliphatic carbocycles. The van der Waals surface area contributed by atoms with Crippen LogP contribution in [0.2, 0.25) is 0 Å². The minimum absolute atomic E-state index is 0.188. The van der Waals surface area contributed by atoms with E-state index in [0.29, 0.717) is 12.5 Å². The first-order valence-electron chi connectivity index (χ1n) is 6.93. The van der Waals surface area contributed by atoms with Crippen LogP contribution in [-0.2, 0) is 4.74 Å². The van der Waals surface area contributed by atoms with Crippen molar-refractivity contribution in [1.82, 2.24) is 0 Å². The van der Waals surface area contributed by atoms with Crippen LogP contribution in [0.5, 0.6) is 0 Å². The fourth-order valence-electron chi connectivity index (χ4n) is 2.78. The first-order chi connectivity index (χ1) is 8.72. The molecule has 1 saturated carbocycles. The van der Waals surface area contributed by atoms with Crippen LogP contribution < -0.4 is 0 Å². The quantitative estimate of drug-likeness (QED) is 0.746. The van der Waals surface area contributed by atoms with Gasteiger partial charge in [-0.15, -0.1) is 11.3 Å². The molecule has 0 spiro atoms. The fourth-order valence-corrected chi connectivity index (χ4v) is 3.47. The molecule has 0 bridgehead atoms. The number of ketones is 1. The SMILES string of the molecule is CCOC(C(=O)c1csc(C)c1)C1CCCCC1. The van der Waals surface area contributed by atoms with Crippen molar-refractivity contribution < 1.29 is 9.53 Å². The molecule has 2 rings (SSSR count). The topological polar surface area (TPSA) is 26.3 Å². The lowest BCUT2D eigenvalue weighted by Crippen LogP contribution is -2.34. The third-order valence-electron chi connectivity index (χ3n) is 3.70. The van der Waals surface area contributed by atoms with Crippen LogP contribution in [0.1, 0.15) is 54.3 Å². The van der Waals surface area contributed by atoms with Crippen LogP contribution in [0, 0.1) is 12.8 Å². The molecular weight excluding hydrogens is 244 g/mol. The molecule has 1 unspecified atom stereocenters. The number of carbonyl (C=O) groups is 1. The summed E-state index contributed by atoms with van der Waals surface area (Å²) >= 11 is 1.64. The Bertz CT molecular complexity index is 391. The first kappa shape index (κ1) is 13.8. The van der Waals surface area contributed by atoms with E-state index in [9.17, 15) is 4.79 Å². The van der Waals surface area contributed by atoms with Gasteiger partial charge < -0.3 is 4.74 Å². The zero-order valence-corrected chi connectivity index (χ0v) is 12.1. The Kier molecular flexibility index (Phi) is 4.95. The summed E-state index contributed by atoms with van der Waals surface area (Å²) in [5, 5.41) is 1.96. The van der Waals surface area contributed by atoms with Crippen molar-refractivity contribution in [2.75, 3.05) is 6.61 Å². The normalized spacial score (nSPS) is 18.8. The van der Waals surface area contributed by atoms with E-state index in [4.69, 9.17) is 4.74 Å². The Morgan fingerprint density at radius 2 is 2.17 bits per heavy atom. The van der Waals surface area contributed by atoms with E-state index in [1.165, 1.54) is 24.1 Å². The fraction of sp³-hybridized carbons (Fsp3) is 0.667. The molecule has 1 aromatic rings. The average Bonchev–Trinajstić information content (AvgIpc) is 2.83. The second-order valence-electron chi connectivity index (χ2n) is 5.08. The van der Waals surface area contributed by atoms with Crippen molar-refractivity contribution in [3.63, 3.8) is 0 Å². The monoisotopic (exact) mass is 266 g/mol. The number of aryl methyl sites for hydroxylation is 1. The van der Waals surface area contributed by atoms with Crippen molar-refractivity contribution in [1.29, 1.82) is 0 Å². The average molecular weight is 266 g/mol. The molecule has 0 amide bonds. The smallest absolute Gasteiger partial charge is 0.192 e. The predicted molar refractivity (Wildman–Crippen MR) is 75.4 cm³/mol. The highest BCUT2D eigenvalue weighted by atomic mass is 32.1. The summed E-state index contributed by atoms with van der Waals surface area (Å²) in [6, 6.07) is 1.99. The number of ether oxygens (including phenoxy) is 1. The molecule has 1 atom stereocenters. The number of carbonyl (C=O) groups excluding carboxylic acids is 1. The molecule has 0 aliphatic heterocycles. The van der Waals surface area contributed by atoms with Gasteiger partial charge in [-0.3, -0.25) is 4.79 Å². The minimum Gasteiger partial charge on any atom is -0.370 e. The second kappa shape index (κ2) is 6.48. The molecule has 0 radical (unpaired) electrons. The lowest BCUT2D eigenvalue weighted by molar-refractivity contribution is 0.0127. The van der Waals surface area contributed by atoms with E-state index >= 15 is 0 Å². The Morgan fingerprint density at radius 3 is 2.72 bits per heavy atom. The van der Waals surface area contributed by atoms with Crippen LogP contribution >= 0.6 is 11.3 Å². The van der Waals surface area contributed by atoms with Gasteiger partial charge in [-0.25, -0.2) is 0 Å². The molecule has 18 heavy (non-hydrogen) atoms. The van der Waals surface area contributed by atoms with Gasteiger partial charge in [0.2, 0.25) is 0 Å². The van der Waals surface area contributed by atoms with Crippen molar-refractivity contribution >= 4 is 17.1 Å². The zero-order chi connectivity index (χ0) is 13.0. The third kappa shape index (κ3) is 3.21. The highest BCUT2D eigenvalue weighted by Crippen LogP contribution is 2.30. The second-order valence-corrected chi connectivity index (χ2v) is 6.20. The maximum absolute atomic E-state index is 12.5. The highest BCUT2D eigenvalue weighted by Gasteiger charge is 2.30. The van der Waals surface area contributed by atoms with Crippen LogP contribution in [0.15, 0.2) is 11.4 Å². The maximum atomic E-state index is 12.5. The molecule has 1 heterocycles. The van der Waals surface area contributed by atoms with Crippen molar-refractivity contribution in [2.24, 2.45) is 5.92 Å². The van der Waals surface area contributed by atoms with Gasteiger partial charge in [0.15, 0.2) is 5.78 Å². The standard InChI is InChI=1S/C15H22O2S/c1-3-17-15(12-7-5-4-6-8-12)14(16)13-9-11(2)18-10-13/h9-10,12,15H,3-8H2,1-2H3. The summed E-state index contributed by atoms with van der Waals surface area (Å²) in [4.78, 5) is 13.7. The van der Waals surface area contributed by atoms with E-state index in [-0.39, 0.29) is 11.9 Å². The summed E-state index contributed by atoms with van der Waals surface area (Å²) in [7, 11) is 0. The van der Waals surface area contributed by atoms with Gasteiger partial charge in [-0.05, 0) is 38.7 Å². The largest absolute Gasteiger partial charge is 0.370 e. The Labute approximate surface area is 113 Å². The van der Waals surface area contributed by atoms with E-state index in [1.807, 2.05) is 25.3 Å². The van der Waals surface area contributed by atoms with E-state index in [0.717, 1.165) is 18.4 Å².